The Hall–Kier alpha value is -2.63. The number of para-hydroxylation sites is 1. The van der Waals surface area contributed by atoms with E-state index in [4.69, 9.17) is 10.8 Å². The molecule has 6 nitrogen and oxygen atoms in total. The minimum Gasteiger partial charge on any atom is -0.480 e. The highest BCUT2D eigenvalue weighted by Crippen LogP contribution is 2.25. The highest BCUT2D eigenvalue weighted by Gasteiger charge is 2.13. The summed E-state index contributed by atoms with van der Waals surface area (Å²) in [6.45, 7) is -0.297. The van der Waals surface area contributed by atoms with Crippen LogP contribution in [0.15, 0.2) is 30.5 Å². The molecule has 6 heteroatoms. The number of aliphatic carboxylic acids is 1. The van der Waals surface area contributed by atoms with Crippen LogP contribution in [0.1, 0.15) is 10.4 Å². The summed E-state index contributed by atoms with van der Waals surface area (Å²) >= 11 is 0. The molecule has 2 rings (SSSR count). The molecule has 1 heterocycles. The first-order valence-electron chi connectivity index (χ1n) is 5.23. The van der Waals surface area contributed by atoms with Crippen LogP contribution in [0.2, 0.25) is 0 Å². The third kappa shape index (κ3) is 2.22. The number of amides is 1. The van der Waals surface area contributed by atoms with Crippen molar-refractivity contribution in [3.63, 3.8) is 0 Å². The number of benzene rings is 1. The Bertz CT molecular complexity index is 625. The van der Waals surface area contributed by atoms with Gasteiger partial charge in [0.05, 0.1) is 16.8 Å². The number of nitrogens with one attached hydrogen (secondary N) is 1. The maximum atomic E-state index is 11.3. The van der Waals surface area contributed by atoms with Gasteiger partial charge in [-0.1, -0.05) is 18.2 Å². The van der Waals surface area contributed by atoms with Gasteiger partial charge in [-0.2, -0.15) is 0 Å². The van der Waals surface area contributed by atoms with Crippen LogP contribution in [0.25, 0.3) is 10.9 Å². The highest BCUT2D eigenvalue weighted by molar-refractivity contribution is 6.06. The molecule has 0 radical (unpaired) electrons. The van der Waals surface area contributed by atoms with Gasteiger partial charge in [0, 0.05) is 11.6 Å². The number of hydrogen-bond donors (Lipinski definition) is 3. The van der Waals surface area contributed by atoms with Gasteiger partial charge < -0.3 is 16.2 Å². The highest BCUT2D eigenvalue weighted by atomic mass is 16.4. The Labute approximate surface area is 102 Å². The lowest BCUT2D eigenvalue weighted by atomic mass is 10.1. The van der Waals surface area contributed by atoms with E-state index in [0.717, 1.165) is 0 Å². The molecule has 0 saturated carbocycles. The topological polar surface area (TPSA) is 105 Å². The third-order valence-corrected chi connectivity index (χ3v) is 2.46. The predicted molar refractivity (Wildman–Crippen MR) is 66.4 cm³/mol. The molecule has 0 unspecified atom stereocenters. The van der Waals surface area contributed by atoms with E-state index >= 15 is 0 Å². The maximum Gasteiger partial charge on any atom is 0.322 e. The second-order valence-corrected chi connectivity index (χ2v) is 3.68. The fourth-order valence-electron chi connectivity index (χ4n) is 1.68. The lowest BCUT2D eigenvalue weighted by Crippen LogP contribution is -2.18. The number of fused-ring (bicyclic) bond motifs is 1. The summed E-state index contributed by atoms with van der Waals surface area (Å²) in [5, 5.41) is 12.0. The van der Waals surface area contributed by atoms with Crippen molar-refractivity contribution < 1.29 is 14.7 Å². The van der Waals surface area contributed by atoms with Crippen LogP contribution >= 0.6 is 0 Å². The van der Waals surface area contributed by atoms with Gasteiger partial charge in [0.15, 0.2) is 0 Å². The molecule has 0 atom stereocenters. The summed E-state index contributed by atoms with van der Waals surface area (Å²) in [7, 11) is 0. The maximum absolute atomic E-state index is 11.3. The van der Waals surface area contributed by atoms with Gasteiger partial charge in [-0.15, -0.1) is 0 Å². The van der Waals surface area contributed by atoms with Crippen molar-refractivity contribution >= 4 is 28.5 Å². The SMILES string of the molecule is NC(=O)c1cnc2ccccc2c1NCC(=O)O. The van der Waals surface area contributed by atoms with Crippen molar-refractivity contribution in [2.24, 2.45) is 5.73 Å². The molecule has 0 aliphatic carbocycles. The summed E-state index contributed by atoms with van der Waals surface area (Å²) in [6, 6.07) is 7.10. The van der Waals surface area contributed by atoms with Crippen molar-refractivity contribution in [3.05, 3.63) is 36.0 Å². The molecule has 0 spiro atoms. The zero-order valence-corrected chi connectivity index (χ0v) is 9.38. The summed E-state index contributed by atoms with van der Waals surface area (Å²) < 4.78 is 0. The average Bonchev–Trinajstić information content (AvgIpc) is 2.35. The molecule has 4 N–H and O–H groups in total. The molecule has 0 fully saturated rings. The van der Waals surface area contributed by atoms with Crippen LogP contribution in [0.3, 0.4) is 0 Å². The van der Waals surface area contributed by atoms with E-state index in [1.165, 1.54) is 6.20 Å². The average molecular weight is 245 g/mol. The largest absolute Gasteiger partial charge is 0.480 e. The van der Waals surface area contributed by atoms with Gasteiger partial charge in [0.25, 0.3) is 5.91 Å². The number of primary amides is 1. The first-order chi connectivity index (χ1) is 8.59. The van der Waals surface area contributed by atoms with Crippen LogP contribution in [0, 0.1) is 0 Å². The molecule has 18 heavy (non-hydrogen) atoms. The van der Waals surface area contributed by atoms with Gasteiger partial charge in [0.1, 0.15) is 6.54 Å². The van der Waals surface area contributed by atoms with Gasteiger partial charge >= 0.3 is 5.97 Å². The number of carboxylic acid groups (broad SMARTS) is 1. The fraction of sp³-hybridized carbons (Fsp3) is 0.0833. The standard InChI is InChI=1S/C12H11N3O3/c13-12(18)8-5-14-9-4-2-1-3-7(9)11(8)15-6-10(16)17/h1-5H,6H2,(H2,13,18)(H,14,15)(H,16,17). The molecule has 1 amide bonds. The number of nitrogens with two attached hydrogens (primary N) is 1. The molecule has 1 aromatic carbocycles. The van der Waals surface area contributed by atoms with Gasteiger partial charge in [-0.05, 0) is 6.07 Å². The van der Waals surface area contributed by atoms with Crippen LogP contribution in [0.4, 0.5) is 5.69 Å². The Kier molecular flexibility index (Phi) is 3.09. The predicted octanol–water partition coefficient (Wildman–Crippen LogP) is 0.830. The minimum absolute atomic E-state index is 0.176. The monoisotopic (exact) mass is 245 g/mol. The number of pyridine rings is 1. The normalized spacial score (nSPS) is 10.2. The Morgan fingerprint density at radius 1 is 1.33 bits per heavy atom. The quantitative estimate of drug-likeness (QED) is 0.739. The first-order valence-corrected chi connectivity index (χ1v) is 5.23. The van der Waals surface area contributed by atoms with E-state index in [0.29, 0.717) is 16.6 Å². The fourth-order valence-corrected chi connectivity index (χ4v) is 1.68. The molecule has 1 aromatic heterocycles. The van der Waals surface area contributed by atoms with Crippen LogP contribution in [-0.4, -0.2) is 28.5 Å². The number of carbonyl (C=O) groups is 2. The second-order valence-electron chi connectivity index (χ2n) is 3.68. The summed E-state index contributed by atoms with van der Waals surface area (Å²) in [5.41, 5.74) is 6.48. The Morgan fingerprint density at radius 2 is 2.06 bits per heavy atom. The number of carboxylic acids is 1. The molecule has 92 valence electrons. The zero-order chi connectivity index (χ0) is 13.1. The van der Waals surface area contributed by atoms with Gasteiger partial charge in [-0.25, -0.2) is 0 Å². The Balaban J connectivity index is 2.58. The third-order valence-electron chi connectivity index (χ3n) is 2.46. The summed E-state index contributed by atoms with van der Waals surface area (Å²) in [4.78, 5) is 26.0. The lowest BCUT2D eigenvalue weighted by molar-refractivity contribution is -0.134. The molecule has 2 aromatic rings. The summed E-state index contributed by atoms with van der Waals surface area (Å²) in [5.74, 6) is -1.67. The number of carbonyl (C=O) groups excluding carboxylic acids is 1. The van der Waals surface area contributed by atoms with Crippen molar-refractivity contribution in [1.29, 1.82) is 0 Å². The van der Waals surface area contributed by atoms with Gasteiger partial charge in [-0.3, -0.25) is 14.6 Å². The van der Waals surface area contributed by atoms with E-state index in [1.807, 2.05) is 0 Å². The smallest absolute Gasteiger partial charge is 0.322 e. The van der Waals surface area contributed by atoms with E-state index in [1.54, 1.807) is 24.3 Å². The number of nitrogens with zero attached hydrogens (tertiary/aromatic N) is 1. The van der Waals surface area contributed by atoms with Crippen molar-refractivity contribution in [2.75, 3.05) is 11.9 Å². The number of rotatable bonds is 4. The van der Waals surface area contributed by atoms with E-state index in [9.17, 15) is 9.59 Å². The number of anilines is 1. The van der Waals surface area contributed by atoms with Crippen molar-refractivity contribution in [3.8, 4) is 0 Å². The van der Waals surface area contributed by atoms with Crippen LogP contribution < -0.4 is 11.1 Å². The molecule has 0 aliphatic heterocycles. The molecular weight excluding hydrogens is 234 g/mol. The van der Waals surface area contributed by atoms with Gasteiger partial charge in [0.2, 0.25) is 0 Å². The van der Waals surface area contributed by atoms with E-state index < -0.39 is 11.9 Å². The van der Waals surface area contributed by atoms with E-state index in [-0.39, 0.29) is 12.1 Å². The number of hydrogen-bond acceptors (Lipinski definition) is 4. The van der Waals surface area contributed by atoms with E-state index in [2.05, 4.69) is 10.3 Å². The second kappa shape index (κ2) is 4.70. The van der Waals surface area contributed by atoms with Crippen molar-refractivity contribution in [2.45, 2.75) is 0 Å². The molecular formula is C12H11N3O3. The van der Waals surface area contributed by atoms with Crippen LogP contribution in [-0.2, 0) is 4.79 Å². The molecule has 0 aliphatic rings. The first kappa shape index (κ1) is 11.8. The number of aromatic nitrogens is 1. The minimum atomic E-state index is -1.02. The molecule has 0 saturated heterocycles. The Morgan fingerprint density at radius 3 is 2.72 bits per heavy atom. The molecule has 0 bridgehead atoms. The van der Waals surface area contributed by atoms with Crippen LogP contribution in [0.5, 0.6) is 0 Å². The lowest BCUT2D eigenvalue weighted by Gasteiger charge is -2.11. The zero-order valence-electron chi connectivity index (χ0n) is 9.38. The summed E-state index contributed by atoms with van der Waals surface area (Å²) in [6.07, 6.45) is 1.34. The van der Waals surface area contributed by atoms with Crippen molar-refractivity contribution in [1.82, 2.24) is 4.98 Å².